The highest BCUT2D eigenvalue weighted by atomic mass is 16.5. The van der Waals surface area contributed by atoms with Crippen molar-refractivity contribution < 1.29 is 4.74 Å². The Morgan fingerprint density at radius 1 is 1.28 bits per heavy atom. The van der Waals surface area contributed by atoms with Crippen LogP contribution in [-0.4, -0.2) is 19.2 Å². The van der Waals surface area contributed by atoms with Gasteiger partial charge in [0.05, 0.1) is 7.11 Å². The smallest absolute Gasteiger partial charge is 0.122 e. The summed E-state index contributed by atoms with van der Waals surface area (Å²) in [4.78, 5) is 0. The lowest BCUT2D eigenvalue weighted by Crippen LogP contribution is -2.42. The summed E-state index contributed by atoms with van der Waals surface area (Å²) >= 11 is 0. The quantitative estimate of drug-likeness (QED) is 0.832. The molecule has 0 aromatic heterocycles. The Balaban J connectivity index is 1.87. The van der Waals surface area contributed by atoms with E-state index in [9.17, 15) is 0 Å². The third-order valence-corrected chi connectivity index (χ3v) is 4.12. The number of rotatable bonds is 6. The van der Waals surface area contributed by atoms with E-state index in [0.29, 0.717) is 12.1 Å². The van der Waals surface area contributed by atoms with Crippen LogP contribution in [0.4, 0.5) is 0 Å². The van der Waals surface area contributed by atoms with E-state index in [1.54, 1.807) is 7.11 Å². The minimum absolute atomic E-state index is 0.497. The summed E-state index contributed by atoms with van der Waals surface area (Å²) in [5.41, 5.74) is 1.29. The summed E-state index contributed by atoms with van der Waals surface area (Å²) in [6, 6.07) is 9.44. The molecule has 2 atom stereocenters. The monoisotopic (exact) mass is 247 g/mol. The lowest BCUT2D eigenvalue weighted by Gasteiger charge is -2.34. The predicted molar refractivity (Wildman–Crippen MR) is 76.1 cm³/mol. The number of methoxy groups -OCH3 is 1. The first-order valence-electron chi connectivity index (χ1n) is 7.08. The van der Waals surface area contributed by atoms with Crippen LogP contribution in [-0.2, 0) is 6.42 Å². The van der Waals surface area contributed by atoms with Gasteiger partial charge in [-0.25, -0.2) is 0 Å². The summed E-state index contributed by atoms with van der Waals surface area (Å²) in [6.07, 6.45) is 5.24. The maximum Gasteiger partial charge on any atom is 0.122 e. The lowest BCUT2D eigenvalue weighted by atomic mass is 9.80. The molecule has 2 heteroatoms. The zero-order valence-corrected chi connectivity index (χ0v) is 11.8. The predicted octanol–water partition coefficient (Wildman–Crippen LogP) is 3.40. The molecule has 0 bridgehead atoms. The van der Waals surface area contributed by atoms with Gasteiger partial charge in [0.15, 0.2) is 0 Å². The molecular weight excluding hydrogens is 222 g/mol. The Morgan fingerprint density at radius 2 is 2.00 bits per heavy atom. The second kappa shape index (κ2) is 6.24. The van der Waals surface area contributed by atoms with E-state index in [4.69, 9.17) is 4.74 Å². The first kappa shape index (κ1) is 13.4. The Kier molecular flexibility index (Phi) is 4.65. The summed E-state index contributed by atoms with van der Waals surface area (Å²) < 4.78 is 5.40. The van der Waals surface area contributed by atoms with Crippen molar-refractivity contribution in [1.82, 2.24) is 5.32 Å². The number of hydrogen-bond acceptors (Lipinski definition) is 2. The Bertz CT molecular complexity index is 373. The van der Waals surface area contributed by atoms with Crippen LogP contribution in [0.15, 0.2) is 24.3 Å². The van der Waals surface area contributed by atoms with Crippen molar-refractivity contribution in [3.63, 3.8) is 0 Å². The summed E-state index contributed by atoms with van der Waals surface area (Å²) in [6.45, 7) is 4.59. The standard InChI is InChI=1S/C16H25NO/c1-12(17-13(2)14-8-6-9-14)11-15-7-4-5-10-16(15)18-3/h4-5,7,10,12-14,17H,6,8-9,11H2,1-3H3. The molecule has 0 spiro atoms. The van der Waals surface area contributed by atoms with Crippen molar-refractivity contribution >= 4 is 0 Å². The van der Waals surface area contributed by atoms with Gasteiger partial charge < -0.3 is 10.1 Å². The van der Waals surface area contributed by atoms with Crippen molar-refractivity contribution in [2.45, 2.75) is 51.6 Å². The highest BCUT2D eigenvalue weighted by Gasteiger charge is 2.24. The molecule has 1 saturated carbocycles. The molecule has 0 radical (unpaired) electrons. The van der Waals surface area contributed by atoms with E-state index in [1.807, 2.05) is 12.1 Å². The highest BCUT2D eigenvalue weighted by Crippen LogP contribution is 2.29. The molecule has 1 aliphatic rings. The second-order valence-corrected chi connectivity index (χ2v) is 5.56. The van der Waals surface area contributed by atoms with Crippen LogP contribution in [0.2, 0.25) is 0 Å². The fourth-order valence-electron chi connectivity index (χ4n) is 2.79. The Labute approximate surface area is 111 Å². The molecule has 1 fully saturated rings. The molecule has 100 valence electrons. The lowest BCUT2D eigenvalue weighted by molar-refractivity contribution is 0.228. The molecule has 0 amide bonds. The van der Waals surface area contributed by atoms with Gasteiger partial charge in [0.2, 0.25) is 0 Å². The van der Waals surface area contributed by atoms with Gasteiger partial charge in [-0.05, 0) is 50.7 Å². The molecule has 1 aromatic rings. The van der Waals surface area contributed by atoms with Crippen molar-refractivity contribution in [2.75, 3.05) is 7.11 Å². The van der Waals surface area contributed by atoms with Gasteiger partial charge in [-0.2, -0.15) is 0 Å². The highest BCUT2D eigenvalue weighted by molar-refractivity contribution is 5.33. The molecule has 1 aromatic carbocycles. The molecule has 1 N–H and O–H groups in total. The van der Waals surface area contributed by atoms with Crippen LogP contribution in [0.1, 0.15) is 38.7 Å². The molecule has 0 aliphatic heterocycles. The molecule has 0 heterocycles. The molecule has 2 nitrogen and oxygen atoms in total. The molecule has 0 saturated heterocycles. The zero-order valence-electron chi connectivity index (χ0n) is 11.8. The van der Waals surface area contributed by atoms with Crippen LogP contribution in [0.3, 0.4) is 0 Å². The summed E-state index contributed by atoms with van der Waals surface area (Å²) in [5.74, 6) is 1.90. The van der Waals surface area contributed by atoms with E-state index >= 15 is 0 Å². The molecule has 2 unspecified atom stereocenters. The average molecular weight is 247 g/mol. The van der Waals surface area contributed by atoms with Crippen molar-refractivity contribution in [3.8, 4) is 5.75 Å². The van der Waals surface area contributed by atoms with Crippen molar-refractivity contribution in [1.29, 1.82) is 0 Å². The van der Waals surface area contributed by atoms with E-state index in [0.717, 1.165) is 18.1 Å². The van der Waals surface area contributed by atoms with E-state index in [-0.39, 0.29) is 0 Å². The molecule has 1 aliphatic carbocycles. The summed E-state index contributed by atoms with van der Waals surface area (Å²) in [5, 5.41) is 3.73. The SMILES string of the molecule is COc1ccccc1CC(C)NC(C)C1CCC1. The fraction of sp³-hybridized carbons (Fsp3) is 0.625. The van der Waals surface area contributed by atoms with E-state index in [1.165, 1.54) is 24.8 Å². The topological polar surface area (TPSA) is 21.3 Å². The maximum atomic E-state index is 5.40. The zero-order chi connectivity index (χ0) is 13.0. The van der Waals surface area contributed by atoms with Gasteiger partial charge in [0, 0.05) is 12.1 Å². The minimum atomic E-state index is 0.497. The van der Waals surface area contributed by atoms with Crippen LogP contribution in [0, 0.1) is 5.92 Å². The minimum Gasteiger partial charge on any atom is -0.496 e. The normalized spacial score (nSPS) is 19.1. The fourth-order valence-corrected chi connectivity index (χ4v) is 2.79. The van der Waals surface area contributed by atoms with Gasteiger partial charge in [0.1, 0.15) is 5.75 Å². The van der Waals surface area contributed by atoms with Gasteiger partial charge >= 0.3 is 0 Å². The maximum absolute atomic E-state index is 5.40. The Hall–Kier alpha value is -1.02. The number of para-hydroxylation sites is 1. The summed E-state index contributed by atoms with van der Waals surface area (Å²) in [7, 11) is 1.74. The number of ether oxygens (including phenoxy) is 1. The van der Waals surface area contributed by atoms with Crippen molar-refractivity contribution in [2.24, 2.45) is 5.92 Å². The third kappa shape index (κ3) is 3.26. The van der Waals surface area contributed by atoms with Crippen LogP contribution in [0.25, 0.3) is 0 Å². The number of nitrogens with one attached hydrogen (secondary N) is 1. The van der Waals surface area contributed by atoms with Gasteiger partial charge in [-0.1, -0.05) is 24.6 Å². The van der Waals surface area contributed by atoms with Crippen LogP contribution >= 0.6 is 0 Å². The first-order valence-corrected chi connectivity index (χ1v) is 7.08. The average Bonchev–Trinajstić information content (AvgIpc) is 2.27. The van der Waals surface area contributed by atoms with Crippen LogP contribution < -0.4 is 10.1 Å². The second-order valence-electron chi connectivity index (χ2n) is 5.56. The third-order valence-electron chi connectivity index (χ3n) is 4.12. The number of benzene rings is 1. The molecule has 18 heavy (non-hydrogen) atoms. The largest absolute Gasteiger partial charge is 0.496 e. The number of hydrogen-bond donors (Lipinski definition) is 1. The van der Waals surface area contributed by atoms with Gasteiger partial charge in [-0.3, -0.25) is 0 Å². The van der Waals surface area contributed by atoms with E-state index < -0.39 is 0 Å². The van der Waals surface area contributed by atoms with Crippen molar-refractivity contribution in [3.05, 3.63) is 29.8 Å². The first-order chi connectivity index (χ1) is 8.70. The van der Waals surface area contributed by atoms with Gasteiger partial charge in [0.25, 0.3) is 0 Å². The molecular formula is C16H25NO. The van der Waals surface area contributed by atoms with E-state index in [2.05, 4.69) is 31.3 Å². The Morgan fingerprint density at radius 3 is 2.61 bits per heavy atom. The molecule has 2 rings (SSSR count). The van der Waals surface area contributed by atoms with Gasteiger partial charge in [-0.15, -0.1) is 0 Å². The van der Waals surface area contributed by atoms with Crippen LogP contribution in [0.5, 0.6) is 5.75 Å².